The molecule has 0 N–H and O–H groups in total. The Morgan fingerprint density at radius 2 is 1.94 bits per heavy atom. The molecule has 3 heterocycles. The van der Waals surface area contributed by atoms with Crippen molar-refractivity contribution in [3.63, 3.8) is 0 Å². The summed E-state index contributed by atoms with van der Waals surface area (Å²) in [5.41, 5.74) is -0.394. The maximum Gasteiger partial charge on any atom is 0.408 e. The van der Waals surface area contributed by atoms with Gasteiger partial charge in [-0.15, -0.1) is 0 Å². The van der Waals surface area contributed by atoms with Gasteiger partial charge in [0.2, 0.25) is 5.95 Å². The number of aromatic nitrogens is 2. The Morgan fingerprint density at radius 3 is 2.61 bits per heavy atom. The van der Waals surface area contributed by atoms with Gasteiger partial charge in [-0.2, -0.15) is 18.2 Å². The van der Waals surface area contributed by atoms with Crippen LogP contribution in [0.25, 0.3) is 0 Å². The number of morpholine rings is 1. The molecule has 1 saturated carbocycles. The number of carbonyl (C=O) groups excluding carboxylic acids is 1. The Labute approximate surface area is 179 Å². The minimum absolute atomic E-state index is 0.0528. The molecule has 3 aliphatic rings. The van der Waals surface area contributed by atoms with Crippen molar-refractivity contribution in [3.8, 4) is 0 Å². The lowest BCUT2D eigenvalue weighted by Crippen LogP contribution is -2.55. The van der Waals surface area contributed by atoms with Crippen LogP contribution < -0.4 is 15.4 Å². The molecule has 1 aromatic rings. The van der Waals surface area contributed by atoms with E-state index in [4.69, 9.17) is 4.74 Å². The molecular weight excluding hydrogens is 413 g/mol. The Bertz CT molecular complexity index is 866. The highest BCUT2D eigenvalue weighted by atomic mass is 19.4. The zero-order valence-electron chi connectivity index (χ0n) is 17.7. The smallest absolute Gasteiger partial charge is 0.377 e. The van der Waals surface area contributed by atoms with Crippen LogP contribution in [0.5, 0.6) is 0 Å². The van der Waals surface area contributed by atoms with Crippen LogP contribution >= 0.6 is 0 Å². The molecule has 1 saturated heterocycles. The van der Waals surface area contributed by atoms with Gasteiger partial charge in [0.25, 0.3) is 5.56 Å². The predicted octanol–water partition coefficient (Wildman–Crippen LogP) is 2.76. The number of anilines is 2. The van der Waals surface area contributed by atoms with E-state index in [2.05, 4.69) is 4.98 Å². The van der Waals surface area contributed by atoms with Crippen molar-refractivity contribution in [1.29, 1.82) is 0 Å². The molecule has 2 aliphatic heterocycles. The van der Waals surface area contributed by atoms with Crippen LogP contribution in [0.2, 0.25) is 0 Å². The second kappa shape index (κ2) is 8.80. The zero-order valence-corrected chi connectivity index (χ0v) is 17.7. The summed E-state index contributed by atoms with van der Waals surface area (Å²) >= 11 is 0. The van der Waals surface area contributed by atoms with Crippen molar-refractivity contribution < 1.29 is 22.7 Å². The Morgan fingerprint density at radius 1 is 1.19 bits per heavy atom. The lowest BCUT2D eigenvalue weighted by molar-refractivity contribution is -0.153. The molecular formula is C21H29F3N4O3. The average molecular weight is 442 g/mol. The topological polar surface area (TPSA) is 67.7 Å². The van der Waals surface area contributed by atoms with Gasteiger partial charge in [0.1, 0.15) is 11.9 Å². The number of ketones is 1. The first-order valence-corrected chi connectivity index (χ1v) is 11.1. The molecule has 0 amide bonds. The predicted molar refractivity (Wildman–Crippen MR) is 110 cm³/mol. The average Bonchev–Trinajstić information content (AvgIpc) is 2.74. The van der Waals surface area contributed by atoms with Crippen LogP contribution in [0.1, 0.15) is 45.4 Å². The molecule has 0 radical (unpaired) electrons. The summed E-state index contributed by atoms with van der Waals surface area (Å²) in [6.07, 6.45) is -0.455. The van der Waals surface area contributed by atoms with Gasteiger partial charge < -0.3 is 14.5 Å². The maximum atomic E-state index is 13.9. The summed E-state index contributed by atoms with van der Waals surface area (Å²) in [4.78, 5) is 33.1. The van der Waals surface area contributed by atoms with Crippen molar-refractivity contribution in [2.24, 2.45) is 5.92 Å². The van der Waals surface area contributed by atoms with Gasteiger partial charge in [-0.3, -0.25) is 14.2 Å². The third-order valence-corrected chi connectivity index (χ3v) is 6.66. The highest BCUT2D eigenvalue weighted by Crippen LogP contribution is 2.35. The van der Waals surface area contributed by atoms with Gasteiger partial charge in [0.05, 0.1) is 25.8 Å². The molecule has 1 aliphatic carbocycles. The second-order valence-electron chi connectivity index (χ2n) is 8.80. The van der Waals surface area contributed by atoms with Gasteiger partial charge >= 0.3 is 6.18 Å². The lowest BCUT2D eigenvalue weighted by Gasteiger charge is -2.40. The fourth-order valence-corrected chi connectivity index (χ4v) is 4.92. The van der Waals surface area contributed by atoms with E-state index in [-0.39, 0.29) is 43.2 Å². The van der Waals surface area contributed by atoms with Crippen molar-refractivity contribution in [2.75, 3.05) is 36.1 Å². The van der Waals surface area contributed by atoms with E-state index in [9.17, 15) is 22.8 Å². The largest absolute Gasteiger partial charge is 0.408 e. The van der Waals surface area contributed by atoms with Gasteiger partial charge in [-0.25, -0.2) is 0 Å². The van der Waals surface area contributed by atoms with Crippen LogP contribution in [0.15, 0.2) is 10.9 Å². The molecule has 172 valence electrons. The highest BCUT2D eigenvalue weighted by Gasteiger charge is 2.47. The van der Waals surface area contributed by atoms with E-state index in [0.29, 0.717) is 25.6 Å². The Hall–Kier alpha value is -2.10. The minimum Gasteiger partial charge on any atom is -0.377 e. The second-order valence-corrected chi connectivity index (χ2v) is 8.80. The van der Waals surface area contributed by atoms with E-state index in [0.717, 1.165) is 37.0 Å². The summed E-state index contributed by atoms with van der Waals surface area (Å²) in [5.74, 6) is -0.127. The Kier molecular flexibility index (Phi) is 6.27. The molecule has 2 atom stereocenters. The van der Waals surface area contributed by atoms with Crippen LogP contribution in [0, 0.1) is 5.92 Å². The molecule has 7 nitrogen and oxygen atoms in total. The number of Topliss-reactive ketones (excluding diaryl/α,β-unsaturated/α-hetero) is 1. The summed E-state index contributed by atoms with van der Waals surface area (Å²) in [7, 11) is 0. The van der Waals surface area contributed by atoms with E-state index in [1.165, 1.54) is 10.6 Å². The van der Waals surface area contributed by atoms with E-state index in [1.807, 2.05) is 11.8 Å². The number of ether oxygens (including phenoxy) is 1. The number of fused-ring (bicyclic) bond motifs is 1. The third kappa shape index (κ3) is 4.58. The molecule has 4 rings (SSSR count). The molecule has 31 heavy (non-hydrogen) atoms. The summed E-state index contributed by atoms with van der Waals surface area (Å²) in [6.45, 7) is 2.89. The van der Waals surface area contributed by atoms with Crippen molar-refractivity contribution in [2.45, 2.75) is 70.3 Å². The van der Waals surface area contributed by atoms with Crippen molar-refractivity contribution in [3.05, 3.63) is 16.4 Å². The van der Waals surface area contributed by atoms with Crippen LogP contribution in [-0.4, -0.2) is 59.9 Å². The van der Waals surface area contributed by atoms with Gasteiger partial charge in [0, 0.05) is 25.1 Å². The first-order valence-electron chi connectivity index (χ1n) is 11.1. The molecule has 1 aromatic heterocycles. The highest BCUT2D eigenvalue weighted by molar-refractivity contribution is 5.85. The van der Waals surface area contributed by atoms with Crippen molar-refractivity contribution in [1.82, 2.24) is 9.55 Å². The van der Waals surface area contributed by atoms with Crippen molar-refractivity contribution >= 4 is 17.5 Å². The number of alkyl halides is 3. The number of carbonyl (C=O) groups is 1. The SMILES string of the molecule is CC1COCCN1c1cc(=O)n2c(n1)N(CC(=O)C1CCCCC1)C(C(F)(F)F)CC2. The fraction of sp³-hybridized carbons (Fsp3) is 0.762. The van der Waals surface area contributed by atoms with E-state index < -0.39 is 17.8 Å². The Balaban J connectivity index is 1.70. The van der Waals surface area contributed by atoms with Gasteiger partial charge in [-0.1, -0.05) is 19.3 Å². The standard InChI is InChI=1S/C21H29F3N4O3/c1-14-13-31-10-9-26(14)18-11-19(30)27-8-7-17(21(22,23)24)28(20(27)25-18)12-16(29)15-5-3-2-4-6-15/h11,14-15,17H,2-10,12-13H2,1H3. The van der Waals surface area contributed by atoms with E-state index in [1.54, 1.807) is 0 Å². The monoisotopic (exact) mass is 442 g/mol. The van der Waals surface area contributed by atoms with Gasteiger partial charge in [-0.05, 0) is 26.2 Å². The molecule has 2 fully saturated rings. The third-order valence-electron chi connectivity index (χ3n) is 6.66. The van der Waals surface area contributed by atoms with Crippen LogP contribution in [0.3, 0.4) is 0 Å². The normalized spacial score (nSPS) is 25.4. The first-order chi connectivity index (χ1) is 14.8. The number of hydrogen-bond acceptors (Lipinski definition) is 6. The summed E-state index contributed by atoms with van der Waals surface area (Å²) in [5, 5.41) is 0. The number of nitrogens with zero attached hydrogens (tertiary/aromatic N) is 4. The van der Waals surface area contributed by atoms with Crippen LogP contribution in [0.4, 0.5) is 24.9 Å². The number of hydrogen-bond donors (Lipinski definition) is 0. The number of rotatable bonds is 4. The maximum absolute atomic E-state index is 13.9. The quantitative estimate of drug-likeness (QED) is 0.715. The molecule has 0 aromatic carbocycles. The zero-order chi connectivity index (χ0) is 22.2. The molecule has 2 unspecified atom stereocenters. The minimum atomic E-state index is -4.52. The summed E-state index contributed by atoms with van der Waals surface area (Å²) < 4.78 is 48.4. The summed E-state index contributed by atoms with van der Waals surface area (Å²) in [6, 6.07) is -0.507. The number of halogens is 3. The van der Waals surface area contributed by atoms with E-state index >= 15 is 0 Å². The van der Waals surface area contributed by atoms with Crippen LogP contribution in [-0.2, 0) is 16.1 Å². The lowest BCUT2D eigenvalue weighted by atomic mass is 9.86. The fourth-order valence-electron chi connectivity index (χ4n) is 4.92. The van der Waals surface area contributed by atoms with Gasteiger partial charge in [0.15, 0.2) is 5.78 Å². The molecule has 0 bridgehead atoms. The molecule has 10 heteroatoms. The molecule has 0 spiro atoms. The first kappa shape index (κ1) is 22.1.